The van der Waals surface area contributed by atoms with Gasteiger partial charge in [0.15, 0.2) is 0 Å². The largest absolute Gasteiger partial charge is 0.331 e. The number of unbranched alkanes of at least 4 members (excludes halogenated alkanes) is 7. The van der Waals surface area contributed by atoms with Crippen LogP contribution in [0.3, 0.4) is 0 Å². The molecule has 0 atom stereocenters. The molecule has 122 valence electrons. The normalized spacial score (nSPS) is 12.9. The van der Waals surface area contributed by atoms with E-state index in [0.717, 1.165) is 4.48 Å². The summed E-state index contributed by atoms with van der Waals surface area (Å²) in [5.41, 5.74) is 0. The van der Waals surface area contributed by atoms with Gasteiger partial charge in [-0.3, -0.25) is 0 Å². The zero-order valence-electron chi connectivity index (χ0n) is 15.4. The highest BCUT2D eigenvalue weighted by Crippen LogP contribution is 2.11. The molecule has 0 bridgehead atoms. The second-order valence-corrected chi connectivity index (χ2v) is 7.82. The number of rotatable bonds is 13. The summed E-state index contributed by atoms with van der Waals surface area (Å²) in [6, 6.07) is 0. The standard InChI is InChI=1S/C18H42N2/c1-7-20(6,8-2)18-16-14-12-10-9-11-13-15-17-19(3,4)5/h7-18H2,1-6H3/q+2. The zero-order chi connectivity index (χ0) is 15.5. The van der Waals surface area contributed by atoms with Crippen molar-refractivity contribution < 1.29 is 8.97 Å². The van der Waals surface area contributed by atoms with Gasteiger partial charge in [-0.15, -0.1) is 0 Å². The van der Waals surface area contributed by atoms with E-state index in [2.05, 4.69) is 42.0 Å². The Balaban J connectivity index is 3.29. The minimum atomic E-state index is 1.12. The third kappa shape index (κ3) is 11.7. The lowest BCUT2D eigenvalue weighted by Crippen LogP contribution is -2.44. The molecular weight excluding hydrogens is 244 g/mol. The molecule has 0 aromatic rings. The first-order valence-corrected chi connectivity index (χ1v) is 8.97. The molecule has 0 N–H and O–H groups in total. The van der Waals surface area contributed by atoms with E-state index in [4.69, 9.17) is 0 Å². The maximum atomic E-state index is 2.40. The van der Waals surface area contributed by atoms with Crippen LogP contribution in [0.1, 0.15) is 65.2 Å². The van der Waals surface area contributed by atoms with E-state index >= 15 is 0 Å². The smallest absolute Gasteiger partial charge is 0.0784 e. The minimum Gasteiger partial charge on any atom is -0.331 e. The Morgan fingerprint density at radius 3 is 1.20 bits per heavy atom. The topological polar surface area (TPSA) is 0 Å². The van der Waals surface area contributed by atoms with Gasteiger partial charge in [0.25, 0.3) is 0 Å². The van der Waals surface area contributed by atoms with Crippen molar-refractivity contribution in [3.63, 3.8) is 0 Å². The van der Waals surface area contributed by atoms with Crippen LogP contribution in [-0.2, 0) is 0 Å². The van der Waals surface area contributed by atoms with Gasteiger partial charge in [0.1, 0.15) is 0 Å². The highest BCUT2D eigenvalue weighted by Gasteiger charge is 2.14. The number of hydrogen-bond acceptors (Lipinski definition) is 0. The van der Waals surface area contributed by atoms with Crippen molar-refractivity contribution in [1.82, 2.24) is 0 Å². The fraction of sp³-hybridized carbons (Fsp3) is 1.00. The van der Waals surface area contributed by atoms with Crippen LogP contribution in [0.15, 0.2) is 0 Å². The fourth-order valence-corrected chi connectivity index (χ4v) is 2.68. The molecule has 2 heteroatoms. The molecule has 0 saturated carbocycles. The minimum absolute atomic E-state index is 1.12. The molecule has 0 aromatic heterocycles. The van der Waals surface area contributed by atoms with E-state index in [0.29, 0.717) is 0 Å². The predicted molar refractivity (Wildman–Crippen MR) is 92.0 cm³/mol. The molecule has 0 saturated heterocycles. The number of nitrogens with zero attached hydrogens (tertiary/aromatic N) is 2. The first-order valence-electron chi connectivity index (χ1n) is 8.97. The van der Waals surface area contributed by atoms with Crippen LogP contribution in [0.5, 0.6) is 0 Å². The summed E-state index contributed by atoms with van der Waals surface area (Å²) in [7, 11) is 9.27. The molecule has 0 amide bonds. The monoisotopic (exact) mass is 286 g/mol. The summed E-state index contributed by atoms with van der Waals surface area (Å²) in [5.74, 6) is 0. The van der Waals surface area contributed by atoms with Crippen molar-refractivity contribution in [3.8, 4) is 0 Å². The van der Waals surface area contributed by atoms with E-state index in [9.17, 15) is 0 Å². The van der Waals surface area contributed by atoms with Gasteiger partial charge < -0.3 is 8.97 Å². The van der Waals surface area contributed by atoms with Gasteiger partial charge in [-0.1, -0.05) is 25.7 Å². The van der Waals surface area contributed by atoms with Crippen molar-refractivity contribution in [3.05, 3.63) is 0 Å². The Morgan fingerprint density at radius 2 is 0.850 bits per heavy atom. The molecule has 0 spiro atoms. The van der Waals surface area contributed by atoms with Gasteiger partial charge in [0.2, 0.25) is 0 Å². The quantitative estimate of drug-likeness (QED) is 0.350. The van der Waals surface area contributed by atoms with E-state index < -0.39 is 0 Å². The first-order chi connectivity index (χ1) is 9.33. The predicted octanol–water partition coefficient (Wildman–Crippen LogP) is 4.30. The Labute approximate surface area is 129 Å². The van der Waals surface area contributed by atoms with Crippen molar-refractivity contribution in [2.45, 2.75) is 65.2 Å². The van der Waals surface area contributed by atoms with Gasteiger partial charge in [-0.05, 0) is 39.5 Å². The zero-order valence-corrected chi connectivity index (χ0v) is 15.4. The van der Waals surface area contributed by atoms with Gasteiger partial charge in [-0.2, -0.15) is 0 Å². The van der Waals surface area contributed by atoms with Gasteiger partial charge in [0, 0.05) is 0 Å². The number of hydrogen-bond donors (Lipinski definition) is 0. The second kappa shape index (κ2) is 10.6. The molecule has 0 rings (SSSR count). The summed E-state index contributed by atoms with van der Waals surface area (Å²) >= 11 is 0. The molecule has 0 aliphatic heterocycles. The lowest BCUT2D eigenvalue weighted by Gasteiger charge is -2.32. The molecule has 20 heavy (non-hydrogen) atoms. The summed E-state index contributed by atoms with van der Waals surface area (Å²) in [6.45, 7) is 9.90. The van der Waals surface area contributed by atoms with Gasteiger partial charge in [-0.25, -0.2) is 0 Å². The first kappa shape index (κ1) is 19.9. The highest BCUT2D eigenvalue weighted by molar-refractivity contribution is 4.47. The molecule has 0 heterocycles. The number of quaternary nitrogens is 2. The summed E-state index contributed by atoms with van der Waals surface area (Å²) in [5, 5.41) is 0. The van der Waals surface area contributed by atoms with E-state index in [-0.39, 0.29) is 0 Å². The van der Waals surface area contributed by atoms with Crippen LogP contribution in [0.2, 0.25) is 0 Å². The Kier molecular flexibility index (Phi) is 10.6. The summed E-state index contributed by atoms with van der Waals surface area (Å²) < 4.78 is 2.37. The van der Waals surface area contributed by atoms with E-state index in [1.54, 1.807) is 0 Å². The molecule has 0 aliphatic rings. The van der Waals surface area contributed by atoms with Crippen LogP contribution in [0.4, 0.5) is 0 Å². The molecule has 0 fully saturated rings. The average Bonchev–Trinajstić information content (AvgIpc) is 2.39. The molecule has 0 radical (unpaired) electrons. The van der Waals surface area contributed by atoms with Gasteiger partial charge >= 0.3 is 0 Å². The second-order valence-electron chi connectivity index (χ2n) is 7.82. The lowest BCUT2D eigenvalue weighted by atomic mass is 10.1. The lowest BCUT2D eigenvalue weighted by molar-refractivity contribution is -0.906. The molecule has 0 aromatic carbocycles. The van der Waals surface area contributed by atoms with Crippen LogP contribution >= 0.6 is 0 Å². The van der Waals surface area contributed by atoms with Crippen molar-refractivity contribution >= 4 is 0 Å². The van der Waals surface area contributed by atoms with Crippen LogP contribution in [0.25, 0.3) is 0 Å². The summed E-state index contributed by atoms with van der Waals surface area (Å²) in [6.07, 6.45) is 11.5. The van der Waals surface area contributed by atoms with Gasteiger partial charge in [0.05, 0.1) is 54.4 Å². The van der Waals surface area contributed by atoms with Crippen molar-refractivity contribution in [2.24, 2.45) is 0 Å². The Bertz CT molecular complexity index is 214. The van der Waals surface area contributed by atoms with Crippen LogP contribution < -0.4 is 0 Å². The van der Waals surface area contributed by atoms with Crippen LogP contribution in [-0.4, -0.2) is 63.3 Å². The van der Waals surface area contributed by atoms with Crippen molar-refractivity contribution in [2.75, 3.05) is 54.4 Å². The SMILES string of the molecule is CC[N+](C)(CC)CCCCCCCCCC[N+](C)(C)C. The molecule has 0 aliphatic carbocycles. The third-order valence-electron chi connectivity index (χ3n) is 4.80. The van der Waals surface area contributed by atoms with Crippen molar-refractivity contribution in [1.29, 1.82) is 0 Å². The maximum absolute atomic E-state index is 2.40. The highest BCUT2D eigenvalue weighted by atomic mass is 15.3. The van der Waals surface area contributed by atoms with E-state index in [1.807, 2.05) is 0 Å². The Hall–Kier alpha value is -0.0800. The Morgan fingerprint density at radius 1 is 0.500 bits per heavy atom. The van der Waals surface area contributed by atoms with Crippen LogP contribution in [0, 0.1) is 0 Å². The third-order valence-corrected chi connectivity index (χ3v) is 4.80. The van der Waals surface area contributed by atoms with E-state index in [1.165, 1.54) is 82.0 Å². The molecular formula is C18H42N2+2. The fourth-order valence-electron chi connectivity index (χ4n) is 2.68. The average molecular weight is 287 g/mol. The molecule has 2 nitrogen and oxygen atoms in total. The molecule has 0 unspecified atom stereocenters. The maximum Gasteiger partial charge on any atom is 0.0784 e. The summed E-state index contributed by atoms with van der Waals surface area (Å²) in [4.78, 5) is 0.